The van der Waals surface area contributed by atoms with Gasteiger partial charge in [-0.25, -0.2) is 9.59 Å². The molecule has 0 unspecified atom stereocenters. The molecule has 0 spiro atoms. The standard InChI is InChI=1S/C21H23NO6/c1-21(2)9-13(23)16-14(10-21)28-18(22)17(20(25)27-4)15(16)11-5-7-12(8-6-11)19(24)26-3/h5-8,15H,9-10,22H2,1-4H3/t15-/m0/s1. The van der Waals surface area contributed by atoms with Crippen molar-refractivity contribution in [2.75, 3.05) is 14.2 Å². The first-order valence-corrected chi connectivity index (χ1v) is 8.89. The molecule has 0 aromatic heterocycles. The summed E-state index contributed by atoms with van der Waals surface area (Å²) >= 11 is 0. The number of allylic oxidation sites excluding steroid dienone is 2. The maximum absolute atomic E-state index is 13.0. The van der Waals surface area contributed by atoms with Crippen LogP contribution < -0.4 is 5.73 Å². The van der Waals surface area contributed by atoms with Crippen molar-refractivity contribution in [3.05, 3.63) is 58.2 Å². The molecule has 0 bridgehead atoms. The number of hydrogen-bond donors (Lipinski definition) is 1. The maximum Gasteiger partial charge on any atom is 0.340 e. The minimum absolute atomic E-state index is 0.0712. The Morgan fingerprint density at radius 2 is 1.68 bits per heavy atom. The number of methoxy groups -OCH3 is 2. The molecule has 0 amide bonds. The van der Waals surface area contributed by atoms with E-state index >= 15 is 0 Å². The van der Waals surface area contributed by atoms with Gasteiger partial charge in [-0.1, -0.05) is 26.0 Å². The van der Waals surface area contributed by atoms with Crippen LogP contribution in [0.15, 0.2) is 47.1 Å². The van der Waals surface area contributed by atoms with Gasteiger partial charge < -0.3 is 19.9 Å². The lowest BCUT2D eigenvalue weighted by Crippen LogP contribution is -2.35. The predicted octanol–water partition coefficient (Wildman–Crippen LogP) is 2.57. The van der Waals surface area contributed by atoms with Gasteiger partial charge in [0.25, 0.3) is 0 Å². The summed E-state index contributed by atoms with van der Waals surface area (Å²) in [6.07, 6.45) is 0.861. The topological polar surface area (TPSA) is 105 Å². The van der Waals surface area contributed by atoms with E-state index in [1.54, 1.807) is 24.3 Å². The van der Waals surface area contributed by atoms with Crippen molar-refractivity contribution in [2.45, 2.75) is 32.6 Å². The zero-order valence-electron chi connectivity index (χ0n) is 16.3. The molecule has 0 saturated heterocycles. The molecular weight excluding hydrogens is 362 g/mol. The molecule has 1 aromatic rings. The van der Waals surface area contributed by atoms with E-state index in [0.717, 1.165) is 0 Å². The van der Waals surface area contributed by atoms with Gasteiger partial charge in [-0.3, -0.25) is 4.79 Å². The van der Waals surface area contributed by atoms with Crippen LogP contribution in [-0.2, 0) is 23.8 Å². The number of benzene rings is 1. The van der Waals surface area contributed by atoms with Crippen molar-refractivity contribution in [3.63, 3.8) is 0 Å². The molecule has 148 valence electrons. The van der Waals surface area contributed by atoms with E-state index in [4.69, 9.17) is 19.9 Å². The second-order valence-electron chi connectivity index (χ2n) is 7.70. The van der Waals surface area contributed by atoms with Gasteiger partial charge in [0, 0.05) is 18.4 Å². The summed E-state index contributed by atoms with van der Waals surface area (Å²) in [5.74, 6) is -1.54. The number of carbonyl (C=O) groups excluding carboxylic acids is 3. The fraction of sp³-hybridized carbons (Fsp3) is 0.381. The first-order valence-electron chi connectivity index (χ1n) is 8.89. The number of esters is 2. The van der Waals surface area contributed by atoms with Gasteiger partial charge in [-0.2, -0.15) is 0 Å². The molecule has 0 fully saturated rings. The number of nitrogens with two attached hydrogens (primary N) is 1. The van der Waals surface area contributed by atoms with E-state index in [9.17, 15) is 14.4 Å². The molecule has 1 aliphatic heterocycles. The Morgan fingerprint density at radius 1 is 1.07 bits per heavy atom. The van der Waals surface area contributed by atoms with E-state index in [1.165, 1.54) is 14.2 Å². The lowest BCUT2D eigenvalue weighted by atomic mass is 9.70. The van der Waals surface area contributed by atoms with Gasteiger partial charge in [0.1, 0.15) is 11.3 Å². The molecule has 1 aromatic carbocycles. The largest absolute Gasteiger partial charge is 0.465 e. The lowest BCUT2D eigenvalue weighted by Gasteiger charge is -2.37. The summed E-state index contributed by atoms with van der Waals surface area (Å²) in [7, 11) is 2.54. The first-order chi connectivity index (χ1) is 13.2. The molecule has 0 saturated carbocycles. The molecule has 28 heavy (non-hydrogen) atoms. The minimum atomic E-state index is -0.716. The second-order valence-corrected chi connectivity index (χ2v) is 7.70. The van der Waals surface area contributed by atoms with Crippen molar-refractivity contribution in [1.29, 1.82) is 0 Å². The molecule has 2 aliphatic rings. The van der Waals surface area contributed by atoms with Crippen molar-refractivity contribution in [2.24, 2.45) is 11.1 Å². The van der Waals surface area contributed by atoms with E-state index < -0.39 is 17.9 Å². The normalized spacial score (nSPS) is 21.0. The van der Waals surface area contributed by atoms with Crippen LogP contribution in [0.25, 0.3) is 0 Å². The predicted molar refractivity (Wildman–Crippen MR) is 99.9 cm³/mol. The fourth-order valence-corrected chi connectivity index (χ4v) is 3.76. The Labute approximate surface area is 163 Å². The summed E-state index contributed by atoms with van der Waals surface area (Å²) in [4.78, 5) is 37.1. The number of carbonyl (C=O) groups is 3. The quantitative estimate of drug-likeness (QED) is 0.797. The van der Waals surface area contributed by atoms with Crippen molar-refractivity contribution in [3.8, 4) is 0 Å². The average Bonchev–Trinajstić information content (AvgIpc) is 2.64. The highest BCUT2D eigenvalue weighted by molar-refractivity contribution is 6.03. The van der Waals surface area contributed by atoms with Crippen LogP contribution in [0.5, 0.6) is 0 Å². The molecule has 2 N–H and O–H groups in total. The van der Waals surface area contributed by atoms with Gasteiger partial charge in [-0.15, -0.1) is 0 Å². The van der Waals surface area contributed by atoms with E-state index in [0.29, 0.717) is 35.3 Å². The average molecular weight is 385 g/mol. The Bertz CT molecular complexity index is 907. The molecule has 1 heterocycles. The Kier molecular flexibility index (Phi) is 5.02. The van der Waals surface area contributed by atoms with Gasteiger partial charge >= 0.3 is 11.9 Å². The lowest BCUT2D eigenvalue weighted by molar-refractivity contribution is -0.136. The third-order valence-corrected chi connectivity index (χ3v) is 5.03. The summed E-state index contributed by atoms with van der Waals surface area (Å²) in [6, 6.07) is 6.52. The van der Waals surface area contributed by atoms with E-state index in [-0.39, 0.29) is 22.7 Å². The minimum Gasteiger partial charge on any atom is -0.465 e. The summed E-state index contributed by atoms with van der Waals surface area (Å²) in [5.41, 5.74) is 7.30. The fourth-order valence-electron chi connectivity index (χ4n) is 3.76. The molecule has 3 rings (SSSR count). The first kappa shape index (κ1) is 19.7. The van der Waals surface area contributed by atoms with Gasteiger partial charge in [0.15, 0.2) is 5.78 Å². The van der Waals surface area contributed by atoms with Crippen LogP contribution in [0.1, 0.15) is 48.5 Å². The molecule has 7 heteroatoms. The highest BCUT2D eigenvalue weighted by atomic mass is 16.5. The molecule has 1 atom stereocenters. The van der Waals surface area contributed by atoms with Gasteiger partial charge in [0.05, 0.1) is 25.7 Å². The zero-order valence-corrected chi connectivity index (χ0v) is 16.3. The van der Waals surface area contributed by atoms with Crippen LogP contribution in [0.4, 0.5) is 0 Å². The maximum atomic E-state index is 13.0. The number of Topliss-reactive ketones (excluding diaryl/α,β-unsaturated/α-hetero) is 1. The zero-order chi connectivity index (χ0) is 20.6. The highest BCUT2D eigenvalue weighted by Crippen LogP contribution is 2.48. The van der Waals surface area contributed by atoms with Crippen molar-refractivity contribution >= 4 is 17.7 Å². The smallest absolute Gasteiger partial charge is 0.340 e. The SMILES string of the molecule is COC(=O)C1=C(N)OC2=C(C(=O)CC(C)(C)C2)[C@@H]1c1ccc(C(=O)OC)cc1. The number of hydrogen-bond acceptors (Lipinski definition) is 7. The Balaban J connectivity index is 2.15. The van der Waals surface area contributed by atoms with Crippen molar-refractivity contribution < 1.29 is 28.6 Å². The summed E-state index contributed by atoms with van der Waals surface area (Å²) < 4.78 is 15.3. The van der Waals surface area contributed by atoms with Gasteiger partial charge in [0.2, 0.25) is 5.88 Å². The molecular formula is C21H23NO6. The highest BCUT2D eigenvalue weighted by Gasteiger charge is 2.44. The third-order valence-electron chi connectivity index (χ3n) is 5.03. The van der Waals surface area contributed by atoms with Crippen LogP contribution in [-0.4, -0.2) is 31.9 Å². The number of ketones is 1. The molecule has 0 radical (unpaired) electrons. The Morgan fingerprint density at radius 3 is 2.25 bits per heavy atom. The Hall–Kier alpha value is -3.09. The molecule has 1 aliphatic carbocycles. The molecule has 7 nitrogen and oxygen atoms in total. The third kappa shape index (κ3) is 3.40. The number of ether oxygens (including phenoxy) is 3. The van der Waals surface area contributed by atoms with Crippen LogP contribution in [0.3, 0.4) is 0 Å². The van der Waals surface area contributed by atoms with Gasteiger partial charge in [-0.05, 0) is 23.1 Å². The van der Waals surface area contributed by atoms with Crippen LogP contribution >= 0.6 is 0 Å². The second kappa shape index (κ2) is 7.14. The van der Waals surface area contributed by atoms with Crippen molar-refractivity contribution in [1.82, 2.24) is 0 Å². The van der Waals surface area contributed by atoms with Crippen LogP contribution in [0, 0.1) is 5.41 Å². The summed E-state index contributed by atoms with van der Waals surface area (Å²) in [6.45, 7) is 3.96. The van der Waals surface area contributed by atoms with E-state index in [2.05, 4.69) is 0 Å². The number of rotatable bonds is 3. The van der Waals surface area contributed by atoms with E-state index in [1.807, 2.05) is 13.8 Å². The van der Waals surface area contributed by atoms with Crippen LogP contribution in [0.2, 0.25) is 0 Å². The monoisotopic (exact) mass is 385 g/mol. The summed E-state index contributed by atoms with van der Waals surface area (Å²) in [5, 5.41) is 0.